The van der Waals surface area contributed by atoms with Gasteiger partial charge in [-0.1, -0.05) is 11.6 Å². The lowest BCUT2D eigenvalue weighted by molar-refractivity contribution is 0.608. The van der Waals surface area contributed by atoms with E-state index in [1.165, 1.54) is 16.5 Å². The van der Waals surface area contributed by atoms with E-state index < -0.39 is 5.82 Å². The Morgan fingerprint density at radius 3 is 3.11 bits per heavy atom. The van der Waals surface area contributed by atoms with Crippen LogP contribution < -0.4 is 11.1 Å². The van der Waals surface area contributed by atoms with Crippen LogP contribution >= 0.6 is 22.9 Å². The molecule has 1 aliphatic carbocycles. The predicted molar refractivity (Wildman–Crippen MR) is 79.4 cm³/mol. The first-order valence-corrected chi connectivity index (χ1v) is 7.48. The second-order valence-electron chi connectivity index (χ2n) is 4.74. The number of thiophene rings is 1. The molecule has 19 heavy (non-hydrogen) atoms. The van der Waals surface area contributed by atoms with Crippen molar-refractivity contribution in [2.75, 3.05) is 11.1 Å². The summed E-state index contributed by atoms with van der Waals surface area (Å²) in [5, 5.41) is 5.60. The molecule has 1 heterocycles. The number of nitrogens with two attached hydrogens (primary N) is 1. The molecule has 1 aromatic carbocycles. The third kappa shape index (κ3) is 2.42. The highest BCUT2D eigenvalue weighted by Crippen LogP contribution is 2.37. The minimum Gasteiger partial charge on any atom is -0.397 e. The topological polar surface area (TPSA) is 38.0 Å². The van der Waals surface area contributed by atoms with Crippen molar-refractivity contribution in [2.24, 2.45) is 0 Å². The van der Waals surface area contributed by atoms with Gasteiger partial charge in [0.1, 0.15) is 5.82 Å². The van der Waals surface area contributed by atoms with Crippen LogP contribution in [-0.2, 0) is 6.42 Å². The molecular weight excluding hydrogens is 283 g/mol. The van der Waals surface area contributed by atoms with Crippen molar-refractivity contribution in [3.8, 4) is 0 Å². The minimum absolute atomic E-state index is 0.0954. The third-order valence-electron chi connectivity index (χ3n) is 3.47. The van der Waals surface area contributed by atoms with Crippen LogP contribution in [0, 0.1) is 5.82 Å². The number of nitrogen functional groups attached to an aromatic ring is 1. The van der Waals surface area contributed by atoms with E-state index in [9.17, 15) is 4.39 Å². The lowest BCUT2D eigenvalue weighted by Gasteiger charge is -2.25. The summed E-state index contributed by atoms with van der Waals surface area (Å²) in [6.07, 6.45) is 3.35. The quantitative estimate of drug-likeness (QED) is 0.794. The van der Waals surface area contributed by atoms with Crippen LogP contribution in [0.3, 0.4) is 0 Å². The molecule has 3 rings (SSSR count). The van der Waals surface area contributed by atoms with E-state index in [0.717, 1.165) is 19.3 Å². The Balaban J connectivity index is 1.89. The summed E-state index contributed by atoms with van der Waals surface area (Å²) >= 11 is 7.61. The van der Waals surface area contributed by atoms with Crippen molar-refractivity contribution in [3.05, 3.63) is 44.9 Å². The molecule has 1 atom stereocenters. The second-order valence-corrected chi connectivity index (χ2v) is 6.15. The van der Waals surface area contributed by atoms with Gasteiger partial charge < -0.3 is 11.1 Å². The fourth-order valence-electron chi connectivity index (χ4n) is 2.51. The first-order chi connectivity index (χ1) is 9.15. The molecule has 100 valence electrons. The summed E-state index contributed by atoms with van der Waals surface area (Å²) in [6.45, 7) is 0. The number of benzene rings is 1. The van der Waals surface area contributed by atoms with Gasteiger partial charge in [-0.25, -0.2) is 4.39 Å². The molecular formula is C14H14ClFN2S. The van der Waals surface area contributed by atoms with Gasteiger partial charge in [0.2, 0.25) is 0 Å². The average molecular weight is 297 g/mol. The van der Waals surface area contributed by atoms with Crippen molar-refractivity contribution in [3.63, 3.8) is 0 Å². The first kappa shape index (κ1) is 12.8. The van der Waals surface area contributed by atoms with E-state index in [4.69, 9.17) is 17.3 Å². The van der Waals surface area contributed by atoms with Crippen LogP contribution in [0.15, 0.2) is 23.6 Å². The summed E-state index contributed by atoms with van der Waals surface area (Å²) in [5.41, 5.74) is 8.27. The highest BCUT2D eigenvalue weighted by molar-refractivity contribution is 7.10. The molecule has 0 spiro atoms. The van der Waals surface area contributed by atoms with Crippen molar-refractivity contribution < 1.29 is 4.39 Å². The molecule has 0 saturated carbocycles. The molecule has 1 aromatic heterocycles. The largest absolute Gasteiger partial charge is 0.397 e. The molecule has 1 aliphatic rings. The predicted octanol–water partition coefficient (Wildman–Crippen LogP) is 4.61. The van der Waals surface area contributed by atoms with Gasteiger partial charge >= 0.3 is 0 Å². The zero-order valence-corrected chi connectivity index (χ0v) is 11.8. The lowest BCUT2D eigenvalue weighted by atomic mass is 9.94. The monoisotopic (exact) mass is 296 g/mol. The van der Waals surface area contributed by atoms with Gasteiger partial charge in [-0.3, -0.25) is 0 Å². The zero-order valence-electron chi connectivity index (χ0n) is 10.2. The van der Waals surface area contributed by atoms with Gasteiger partial charge in [0.15, 0.2) is 0 Å². The number of halogens is 2. The van der Waals surface area contributed by atoms with E-state index in [2.05, 4.69) is 16.8 Å². The summed E-state index contributed by atoms with van der Waals surface area (Å²) < 4.78 is 13.3. The molecule has 0 saturated heterocycles. The molecule has 3 N–H and O–H groups in total. The highest BCUT2D eigenvalue weighted by Gasteiger charge is 2.21. The van der Waals surface area contributed by atoms with Crippen LogP contribution in [0.5, 0.6) is 0 Å². The zero-order chi connectivity index (χ0) is 13.4. The molecule has 5 heteroatoms. The van der Waals surface area contributed by atoms with Gasteiger partial charge in [0.05, 0.1) is 22.4 Å². The fraction of sp³-hybridized carbons (Fsp3) is 0.286. The van der Waals surface area contributed by atoms with Crippen molar-refractivity contribution >= 4 is 34.3 Å². The maximum absolute atomic E-state index is 13.3. The van der Waals surface area contributed by atoms with E-state index in [1.54, 1.807) is 17.4 Å². The van der Waals surface area contributed by atoms with Gasteiger partial charge in [-0.15, -0.1) is 11.3 Å². The SMILES string of the molecule is Nc1cc(F)c(Cl)cc1NC1CCCc2sccc21. The number of hydrogen-bond acceptors (Lipinski definition) is 3. The number of fused-ring (bicyclic) bond motifs is 1. The Kier molecular flexibility index (Phi) is 3.37. The maximum atomic E-state index is 13.3. The molecule has 0 bridgehead atoms. The number of aryl methyl sites for hydroxylation is 1. The van der Waals surface area contributed by atoms with E-state index in [0.29, 0.717) is 11.4 Å². The van der Waals surface area contributed by atoms with Gasteiger partial charge in [-0.2, -0.15) is 0 Å². The second kappa shape index (κ2) is 5.02. The van der Waals surface area contributed by atoms with E-state index >= 15 is 0 Å². The van der Waals surface area contributed by atoms with Crippen molar-refractivity contribution in [1.82, 2.24) is 0 Å². The van der Waals surface area contributed by atoms with E-state index in [-0.39, 0.29) is 11.1 Å². The highest BCUT2D eigenvalue weighted by atomic mass is 35.5. The Bertz CT molecular complexity index is 611. The molecule has 1 unspecified atom stereocenters. The number of anilines is 2. The molecule has 0 fully saturated rings. The third-order valence-corrected chi connectivity index (χ3v) is 4.76. The molecule has 2 aromatic rings. The van der Waals surface area contributed by atoms with Gasteiger partial charge in [0.25, 0.3) is 0 Å². The summed E-state index contributed by atoms with van der Waals surface area (Å²) in [5.74, 6) is -0.482. The molecule has 0 radical (unpaired) electrons. The number of nitrogens with one attached hydrogen (secondary N) is 1. The lowest BCUT2D eigenvalue weighted by Crippen LogP contribution is -2.16. The van der Waals surface area contributed by atoms with Crippen LogP contribution in [0.1, 0.15) is 29.3 Å². The van der Waals surface area contributed by atoms with Gasteiger partial charge in [-0.05, 0) is 42.3 Å². The van der Waals surface area contributed by atoms with Crippen LogP contribution in [0.25, 0.3) is 0 Å². The van der Waals surface area contributed by atoms with Crippen molar-refractivity contribution in [1.29, 1.82) is 0 Å². The van der Waals surface area contributed by atoms with E-state index in [1.807, 2.05) is 0 Å². The first-order valence-electron chi connectivity index (χ1n) is 6.22. The summed E-state index contributed by atoms with van der Waals surface area (Å²) in [7, 11) is 0. The van der Waals surface area contributed by atoms with Crippen LogP contribution in [-0.4, -0.2) is 0 Å². The smallest absolute Gasteiger partial charge is 0.143 e. The molecule has 0 amide bonds. The molecule has 2 nitrogen and oxygen atoms in total. The van der Waals surface area contributed by atoms with Crippen LogP contribution in [0.4, 0.5) is 15.8 Å². The minimum atomic E-state index is -0.482. The summed E-state index contributed by atoms with van der Waals surface area (Å²) in [6, 6.07) is 5.21. The Hall–Kier alpha value is -1.26. The number of rotatable bonds is 2. The van der Waals surface area contributed by atoms with Crippen LogP contribution in [0.2, 0.25) is 5.02 Å². The Morgan fingerprint density at radius 1 is 1.42 bits per heavy atom. The standard InChI is InChI=1S/C14H14ClFN2S/c15-9-6-13(11(17)7-10(9)16)18-12-2-1-3-14-8(12)4-5-19-14/h4-7,12,18H,1-3,17H2. The van der Waals surface area contributed by atoms with Gasteiger partial charge in [0, 0.05) is 10.9 Å². The fourth-order valence-corrected chi connectivity index (χ4v) is 3.66. The molecule has 0 aliphatic heterocycles. The summed E-state index contributed by atoms with van der Waals surface area (Å²) in [4.78, 5) is 1.43. The van der Waals surface area contributed by atoms with Crippen molar-refractivity contribution in [2.45, 2.75) is 25.3 Å². The maximum Gasteiger partial charge on any atom is 0.143 e. The normalized spacial score (nSPS) is 18.1. The Morgan fingerprint density at radius 2 is 2.26 bits per heavy atom. The average Bonchev–Trinajstić information content (AvgIpc) is 2.85. The number of hydrogen-bond donors (Lipinski definition) is 2. The Labute approximate surface area is 120 Å².